The molecule has 6 nitrogen and oxygen atoms in total. The summed E-state index contributed by atoms with van der Waals surface area (Å²) in [7, 11) is 1.47. The van der Waals surface area contributed by atoms with Crippen LogP contribution in [0, 0.1) is 11.7 Å². The van der Waals surface area contributed by atoms with Crippen molar-refractivity contribution in [3.63, 3.8) is 0 Å². The molecule has 0 aliphatic heterocycles. The lowest BCUT2D eigenvalue weighted by molar-refractivity contribution is -0.143. The first-order chi connectivity index (χ1) is 15.9. The van der Waals surface area contributed by atoms with Crippen LogP contribution in [0.4, 0.5) is 4.39 Å². The van der Waals surface area contributed by atoms with Crippen LogP contribution in [0.2, 0.25) is 0 Å². The normalized spacial score (nSPS) is 11.2. The van der Waals surface area contributed by atoms with E-state index in [1.165, 1.54) is 19.2 Å². The summed E-state index contributed by atoms with van der Waals surface area (Å²) in [6, 6.07) is 14.2. The Hall–Kier alpha value is -3.19. The predicted molar refractivity (Wildman–Crippen MR) is 127 cm³/mol. The fraction of sp³-hybridized carbons (Fsp3) is 0.385. The Morgan fingerprint density at radius 1 is 1.03 bits per heavy atom. The number of halogens is 1. The van der Waals surface area contributed by atoms with Gasteiger partial charge in [-0.25, -0.2) is 4.39 Å². The van der Waals surface area contributed by atoms with Gasteiger partial charge in [0, 0.05) is 43.8 Å². The Balaban J connectivity index is 1.77. The maximum absolute atomic E-state index is 13.4. The summed E-state index contributed by atoms with van der Waals surface area (Å²) in [6.07, 6.45) is 2.63. The first-order valence-electron chi connectivity index (χ1n) is 11.2. The summed E-state index contributed by atoms with van der Waals surface area (Å²) in [5, 5.41) is 1.13. The number of hydrogen-bond acceptors (Lipinski definition) is 3. The predicted octanol–water partition coefficient (Wildman–Crippen LogP) is 4.01. The Morgan fingerprint density at radius 2 is 1.76 bits per heavy atom. The van der Waals surface area contributed by atoms with E-state index in [0.717, 1.165) is 22.0 Å². The van der Waals surface area contributed by atoms with Crippen LogP contribution in [0.3, 0.4) is 0 Å². The number of nitrogens with zero attached hydrogens (tertiary/aromatic N) is 2. The third kappa shape index (κ3) is 6.89. The molecule has 176 valence electrons. The second-order valence-corrected chi connectivity index (χ2v) is 8.65. The number of fused-ring (bicyclic) bond motifs is 1. The van der Waals surface area contributed by atoms with Crippen LogP contribution in [0.1, 0.15) is 25.0 Å². The van der Waals surface area contributed by atoms with Gasteiger partial charge in [0.05, 0.1) is 6.54 Å². The van der Waals surface area contributed by atoms with Crippen LogP contribution >= 0.6 is 0 Å². The first kappa shape index (κ1) is 24.5. The molecule has 0 bridgehead atoms. The lowest BCUT2D eigenvalue weighted by Crippen LogP contribution is -2.45. The monoisotopic (exact) mass is 453 g/mol. The lowest BCUT2D eigenvalue weighted by Gasteiger charge is -2.29. The topological polar surface area (TPSA) is 65.6 Å². The van der Waals surface area contributed by atoms with E-state index in [1.54, 1.807) is 21.9 Å². The van der Waals surface area contributed by atoms with Crippen molar-refractivity contribution in [3.05, 3.63) is 71.7 Å². The number of carbonyl (C=O) groups excluding carboxylic acids is 2. The smallest absolute Gasteiger partial charge is 0.249 e. The quantitative estimate of drug-likeness (QED) is 0.477. The van der Waals surface area contributed by atoms with E-state index in [2.05, 4.69) is 11.1 Å². The summed E-state index contributed by atoms with van der Waals surface area (Å²) in [6.45, 7) is 5.22. The van der Waals surface area contributed by atoms with E-state index < -0.39 is 0 Å². The summed E-state index contributed by atoms with van der Waals surface area (Å²) in [5.74, 6) is -0.457. The Morgan fingerprint density at radius 3 is 2.45 bits per heavy atom. The molecule has 0 radical (unpaired) electrons. The number of nitrogens with one attached hydrogen (secondary N) is 1. The molecule has 1 N–H and O–H groups in total. The fourth-order valence-electron chi connectivity index (χ4n) is 3.87. The van der Waals surface area contributed by atoms with Gasteiger partial charge in [-0.05, 0) is 41.7 Å². The molecule has 0 saturated carbocycles. The van der Waals surface area contributed by atoms with Gasteiger partial charge in [-0.3, -0.25) is 9.59 Å². The van der Waals surface area contributed by atoms with E-state index in [-0.39, 0.29) is 36.7 Å². The second kappa shape index (κ2) is 11.6. The minimum atomic E-state index is -0.316. The molecule has 2 amide bonds. The molecule has 0 atom stereocenters. The first-order valence-corrected chi connectivity index (χ1v) is 11.2. The van der Waals surface area contributed by atoms with E-state index in [4.69, 9.17) is 4.74 Å². The average Bonchev–Trinajstić information content (AvgIpc) is 3.20. The highest BCUT2D eigenvalue weighted by Gasteiger charge is 2.22. The number of aromatic nitrogens is 1. The van der Waals surface area contributed by atoms with E-state index in [0.29, 0.717) is 26.1 Å². The third-order valence-electron chi connectivity index (χ3n) is 5.50. The minimum Gasteiger partial charge on any atom is -0.375 e. The zero-order valence-corrected chi connectivity index (χ0v) is 19.5. The molecule has 0 saturated heterocycles. The number of amides is 2. The highest BCUT2D eigenvalue weighted by molar-refractivity contribution is 5.86. The highest BCUT2D eigenvalue weighted by Crippen LogP contribution is 2.19. The molecular weight excluding hydrogens is 421 g/mol. The number of ether oxygens (including phenoxy) is 1. The van der Waals surface area contributed by atoms with Gasteiger partial charge in [0.1, 0.15) is 12.4 Å². The van der Waals surface area contributed by atoms with Crippen molar-refractivity contribution >= 4 is 22.7 Å². The molecule has 3 rings (SSSR count). The number of benzene rings is 2. The van der Waals surface area contributed by atoms with Crippen LogP contribution in [0.25, 0.3) is 10.9 Å². The van der Waals surface area contributed by atoms with Gasteiger partial charge in [0.15, 0.2) is 0 Å². The highest BCUT2D eigenvalue weighted by atomic mass is 19.1. The van der Waals surface area contributed by atoms with E-state index in [1.807, 2.05) is 38.2 Å². The zero-order chi connectivity index (χ0) is 23.8. The molecule has 0 aliphatic carbocycles. The molecule has 1 heterocycles. The van der Waals surface area contributed by atoms with Crippen LogP contribution in [0.15, 0.2) is 54.7 Å². The van der Waals surface area contributed by atoms with E-state index in [9.17, 15) is 14.0 Å². The molecule has 0 aliphatic rings. The van der Waals surface area contributed by atoms with Crippen molar-refractivity contribution in [1.29, 1.82) is 0 Å². The maximum atomic E-state index is 13.4. The number of hydrogen-bond donors (Lipinski definition) is 1. The molecule has 1 aromatic heterocycles. The van der Waals surface area contributed by atoms with Gasteiger partial charge in [-0.1, -0.05) is 44.2 Å². The van der Waals surface area contributed by atoms with Crippen molar-refractivity contribution in [1.82, 2.24) is 14.8 Å². The molecular formula is C26H32FN3O3. The summed E-state index contributed by atoms with van der Waals surface area (Å²) in [4.78, 5) is 32.4. The van der Waals surface area contributed by atoms with Gasteiger partial charge in [-0.15, -0.1) is 0 Å². The van der Waals surface area contributed by atoms with Crippen LogP contribution < -0.4 is 0 Å². The van der Waals surface area contributed by atoms with Crippen LogP contribution in [-0.4, -0.2) is 59.9 Å². The van der Waals surface area contributed by atoms with Gasteiger partial charge in [0.2, 0.25) is 11.8 Å². The SMILES string of the molecule is COCC(=O)N(CC(=O)N(CCc1c[nH]c2ccccc12)Cc1ccc(F)cc1)CC(C)C. The number of carbonyl (C=O) groups is 2. The third-order valence-corrected chi connectivity index (χ3v) is 5.50. The largest absolute Gasteiger partial charge is 0.375 e. The number of aromatic amines is 1. The average molecular weight is 454 g/mol. The summed E-state index contributed by atoms with van der Waals surface area (Å²) < 4.78 is 18.4. The van der Waals surface area contributed by atoms with Gasteiger partial charge >= 0.3 is 0 Å². The van der Waals surface area contributed by atoms with Crippen molar-refractivity contribution in [3.8, 4) is 0 Å². The fourth-order valence-corrected chi connectivity index (χ4v) is 3.87. The van der Waals surface area contributed by atoms with Crippen LogP contribution in [0.5, 0.6) is 0 Å². The Bertz CT molecular complexity index is 1060. The number of H-pyrrole nitrogens is 1. The van der Waals surface area contributed by atoms with Crippen molar-refractivity contribution < 1.29 is 18.7 Å². The Kier molecular flexibility index (Phi) is 8.60. The molecule has 0 fully saturated rings. The van der Waals surface area contributed by atoms with Crippen LogP contribution in [-0.2, 0) is 27.3 Å². The maximum Gasteiger partial charge on any atom is 0.249 e. The second-order valence-electron chi connectivity index (χ2n) is 8.65. The summed E-state index contributed by atoms with van der Waals surface area (Å²) in [5.41, 5.74) is 3.01. The number of rotatable bonds is 11. The van der Waals surface area contributed by atoms with Crippen molar-refractivity contribution in [2.24, 2.45) is 5.92 Å². The van der Waals surface area contributed by atoms with Gasteiger partial charge in [0.25, 0.3) is 0 Å². The molecule has 33 heavy (non-hydrogen) atoms. The lowest BCUT2D eigenvalue weighted by atomic mass is 10.1. The summed E-state index contributed by atoms with van der Waals surface area (Å²) >= 11 is 0. The zero-order valence-electron chi connectivity index (χ0n) is 19.5. The van der Waals surface area contributed by atoms with Gasteiger partial charge in [-0.2, -0.15) is 0 Å². The standard InChI is InChI=1S/C26H32FN3O3/c1-19(2)15-30(26(32)18-33-3)17-25(31)29(16-20-8-10-22(27)11-9-20)13-12-21-14-28-24-7-5-4-6-23(21)24/h4-11,14,19,28H,12-13,15-18H2,1-3H3. The number of para-hydroxylation sites is 1. The van der Waals surface area contributed by atoms with Gasteiger partial charge < -0.3 is 19.5 Å². The van der Waals surface area contributed by atoms with Crippen molar-refractivity contribution in [2.45, 2.75) is 26.8 Å². The molecule has 2 aromatic carbocycles. The molecule has 0 unspecified atom stereocenters. The van der Waals surface area contributed by atoms with Crippen molar-refractivity contribution in [2.75, 3.05) is 33.4 Å². The number of methoxy groups -OCH3 is 1. The molecule has 3 aromatic rings. The molecule has 0 spiro atoms. The molecule has 7 heteroatoms. The Labute approximate surface area is 194 Å². The minimum absolute atomic E-state index is 0.0184. The van der Waals surface area contributed by atoms with E-state index >= 15 is 0 Å².